The van der Waals surface area contributed by atoms with E-state index >= 15 is 0 Å². The van der Waals surface area contributed by atoms with E-state index in [0.29, 0.717) is 24.4 Å². The van der Waals surface area contributed by atoms with Gasteiger partial charge in [-0.15, -0.1) is 0 Å². The van der Waals surface area contributed by atoms with Crippen molar-refractivity contribution < 1.29 is 19.4 Å². The lowest BCUT2D eigenvalue weighted by Crippen LogP contribution is -2.62. The summed E-state index contributed by atoms with van der Waals surface area (Å²) in [5.41, 5.74) is 9.03. The van der Waals surface area contributed by atoms with Gasteiger partial charge in [0.25, 0.3) is 0 Å². The van der Waals surface area contributed by atoms with E-state index in [1.54, 1.807) is 6.08 Å². The van der Waals surface area contributed by atoms with Crippen LogP contribution in [-0.4, -0.2) is 35.0 Å². The third-order valence-corrected chi connectivity index (χ3v) is 10.1. The first kappa shape index (κ1) is 21.0. The van der Waals surface area contributed by atoms with E-state index in [0.717, 1.165) is 69.1 Å². The van der Waals surface area contributed by atoms with Gasteiger partial charge < -0.3 is 15.6 Å². The molecule has 0 aromatic heterocycles. The molecule has 0 aromatic carbocycles. The number of nitrogens with one attached hydrogen (secondary N) is 1. The Balaban J connectivity index is 1.39. The van der Waals surface area contributed by atoms with Gasteiger partial charge in [0.15, 0.2) is 0 Å². The van der Waals surface area contributed by atoms with E-state index in [1.807, 2.05) is 0 Å². The fourth-order valence-corrected chi connectivity index (χ4v) is 8.45. The second kappa shape index (κ2) is 7.06. The first-order valence-electron chi connectivity index (χ1n) is 11.9. The summed E-state index contributed by atoms with van der Waals surface area (Å²) in [5.74, 6) is 1.34. The van der Waals surface area contributed by atoms with Crippen LogP contribution in [0.4, 0.5) is 4.79 Å². The Hall–Kier alpha value is -1.89. The van der Waals surface area contributed by atoms with Crippen molar-refractivity contribution in [2.45, 2.75) is 77.2 Å². The molecule has 4 N–H and O–H groups in total. The Morgan fingerprint density at radius 3 is 2.71 bits per heavy atom. The maximum Gasteiger partial charge on any atom is 0.332 e. The molecular formula is C24H35N3O4. The van der Waals surface area contributed by atoms with Gasteiger partial charge in [-0.05, 0) is 92.4 Å². The third kappa shape index (κ3) is 2.99. The highest BCUT2D eigenvalue weighted by Crippen LogP contribution is 2.69. The SMILES string of the molecule is C[C@]12CCC(=NNC(N)=O)C[C@@H]1CC[C@@H]1[C@@H]2CC[C@]2(C)[C@H](C3=CC(=O)OC3)CC[C@@]12O. The molecule has 1 aliphatic heterocycles. The number of esters is 1. The van der Waals surface area contributed by atoms with Crippen molar-refractivity contribution in [3.05, 3.63) is 11.6 Å². The number of hydrogen-bond donors (Lipinski definition) is 3. The number of primary amides is 1. The Kier molecular flexibility index (Phi) is 4.78. The summed E-state index contributed by atoms with van der Waals surface area (Å²) in [6.45, 7) is 5.09. The van der Waals surface area contributed by atoms with Crippen molar-refractivity contribution >= 4 is 17.7 Å². The van der Waals surface area contributed by atoms with Gasteiger partial charge >= 0.3 is 12.0 Å². The molecule has 7 atom stereocenters. The molecule has 7 heteroatoms. The van der Waals surface area contributed by atoms with Crippen LogP contribution in [0.25, 0.3) is 0 Å². The number of fused-ring (bicyclic) bond motifs is 5. The second-order valence-electron chi connectivity index (χ2n) is 11.1. The van der Waals surface area contributed by atoms with Gasteiger partial charge in [-0.25, -0.2) is 15.0 Å². The molecular weight excluding hydrogens is 394 g/mol. The van der Waals surface area contributed by atoms with Gasteiger partial charge in [-0.2, -0.15) is 5.10 Å². The number of nitrogens with zero attached hydrogens (tertiary/aromatic N) is 1. The van der Waals surface area contributed by atoms with Crippen molar-refractivity contribution in [1.82, 2.24) is 5.43 Å². The summed E-state index contributed by atoms with van der Waals surface area (Å²) in [4.78, 5) is 22.7. The highest BCUT2D eigenvalue weighted by molar-refractivity contribution is 5.87. The van der Waals surface area contributed by atoms with Crippen LogP contribution in [0, 0.1) is 34.5 Å². The van der Waals surface area contributed by atoms with Gasteiger partial charge in [-0.1, -0.05) is 13.8 Å². The minimum Gasteiger partial charge on any atom is -0.458 e. The van der Waals surface area contributed by atoms with E-state index in [2.05, 4.69) is 24.4 Å². The molecule has 4 fully saturated rings. The second-order valence-corrected chi connectivity index (χ2v) is 11.1. The van der Waals surface area contributed by atoms with Crippen molar-refractivity contribution in [1.29, 1.82) is 0 Å². The number of rotatable bonds is 2. The van der Waals surface area contributed by atoms with Crippen LogP contribution in [0.15, 0.2) is 16.8 Å². The Bertz CT molecular complexity index is 869. The average Bonchev–Trinajstić information content (AvgIpc) is 3.26. The number of nitrogens with two attached hydrogens (primary N) is 1. The van der Waals surface area contributed by atoms with E-state index in [4.69, 9.17) is 10.5 Å². The highest BCUT2D eigenvalue weighted by Gasteiger charge is 2.67. The number of ether oxygens (including phenoxy) is 1. The molecule has 0 unspecified atom stereocenters. The highest BCUT2D eigenvalue weighted by atomic mass is 16.5. The maximum atomic E-state index is 12.2. The summed E-state index contributed by atoms with van der Waals surface area (Å²) >= 11 is 0. The minimum absolute atomic E-state index is 0.190. The van der Waals surface area contributed by atoms with Crippen LogP contribution >= 0.6 is 0 Å². The number of carbonyl (C=O) groups is 2. The summed E-state index contributed by atoms with van der Waals surface area (Å²) in [5, 5.41) is 16.5. The van der Waals surface area contributed by atoms with Crippen LogP contribution in [0.5, 0.6) is 0 Å². The molecule has 0 aromatic rings. The smallest absolute Gasteiger partial charge is 0.332 e. The zero-order valence-electron chi connectivity index (χ0n) is 18.7. The van der Waals surface area contributed by atoms with Crippen molar-refractivity contribution in [2.75, 3.05) is 6.61 Å². The zero-order chi connectivity index (χ0) is 22.0. The molecule has 31 heavy (non-hydrogen) atoms. The predicted molar refractivity (Wildman–Crippen MR) is 116 cm³/mol. The standard InChI is InChI=1S/C24H35N3O4/c1-22-8-5-16(26-27-21(25)29)12-15(22)3-4-19-18(22)6-9-23(2)17(7-10-24(19,23)30)14-11-20(28)31-13-14/h11,15,17-19,30H,3-10,12-13H2,1-2H3,(H3,25,27,29)/t15-,17-,18-,19+,22-,23+,24+/m0/s1. The van der Waals surface area contributed by atoms with Gasteiger partial charge in [0, 0.05) is 17.2 Å². The van der Waals surface area contributed by atoms with Gasteiger partial charge in [0.2, 0.25) is 0 Å². The van der Waals surface area contributed by atoms with Crippen molar-refractivity contribution in [2.24, 2.45) is 45.3 Å². The third-order valence-electron chi connectivity index (χ3n) is 10.1. The van der Waals surface area contributed by atoms with Crippen LogP contribution in [0.1, 0.15) is 71.6 Å². The number of hydrogen-bond acceptors (Lipinski definition) is 5. The lowest BCUT2D eigenvalue weighted by Gasteiger charge is -2.63. The number of cyclic esters (lactones) is 1. The Morgan fingerprint density at radius 1 is 1.19 bits per heavy atom. The molecule has 4 aliphatic carbocycles. The van der Waals surface area contributed by atoms with E-state index in [1.165, 1.54) is 0 Å². The average molecular weight is 430 g/mol. The number of carbonyl (C=O) groups excluding carboxylic acids is 2. The number of aliphatic hydroxyl groups is 1. The van der Waals surface area contributed by atoms with Gasteiger partial charge in [-0.3, -0.25) is 0 Å². The van der Waals surface area contributed by atoms with E-state index in [-0.39, 0.29) is 22.7 Å². The number of amides is 2. The Morgan fingerprint density at radius 2 is 2.00 bits per heavy atom. The lowest BCUT2D eigenvalue weighted by atomic mass is 9.43. The molecule has 5 rings (SSSR count). The molecule has 1 heterocycles. The lowest BCUT2D eigenvalue weighted by molar-refractivity contribution is -0.200. The molecule has 170 valence electrons. The summed E-state index contributed by atoms with van der Waals surface area (Å²) in [7, 11) is 0. The summed E-state index contributed by atoms with van der Waals surface area (Å²) in [6.07, 6.45) is 10.5. The fraction of sp³-hybridized carbons (Fsp3) is 0.792. The topological polar surface area (TPSA) is 114 Å². The van der Waals surface area contributed by atoms with E-state index < -0.39 is 11.6 Å². The predicted octanol–water partition coefficient (Wildman–Crippen LogP) is 3.27. The van der Waals surface area contributed by atoms with Crippen LogP contribution in [0.3, 0.4) is 0 Å². The quantitative estimate of drug-likeness (QED) is 0.462. The van der Waals surface area contributed by atoms with Crippen LogP contribution in [-0.2, 0) is 9.53 Å². The molecule has 0 saturated heterocycles. The maximum absolute atomic E-state index is 12.2. The van der Waals surface area contributed by atoms with Crippen LogP contribution in [0.2, 0.25) is 0 Å². The van der Waals surface area contributed by atoms with Crippen molar-refractivity contribution in [3.8, 4) is 0 Å². The first-order chi connectivity index (χ1) is 14.7. The van der Waals surface area contributed by atoms with Crippen molar-refractivity contribution in [3.63, 3.8) is 0 Å². The molecule has 5 aliphatic rings. The summed E-state index contributed by atoms with van der Waals surface area (Å²) in [6, 6.07) is -0.612. The number of hydrazone groups is 1. The molecule has 0 bridgehead atoms. The van der Waals surface area contributed by atoms with Crippen LogP contribution < -0.4 is 11.2 Å². The number of urea groups is 1. The first-order valence-corrected chi connectivity index (χ1v) is 11.9. The fourth-order valence-electron chi connectivity index (χ4n) is 8.45. The minimum atomic E-state index is -0.678. The molecule has 2 amide bonds. The van der Waals surface area contributed by atoms with Gasteiger partial charge in [0.05, 0.1) is 5.60 Å². The monoisotopic (exact) mass is 429 g/mol. The normalized spacial score (nSPS) is 47.8. The Labute approximate surface area is 183 Å². The summed E-state index contributed by atoms with van der Waals surface area (Å²) < 4.78 is 5.22. The van der Waals surface area contributed by atoms with Gasteiger partial charge in [0.1, 0.15) is 6.61 Å². The largest absolute Gasteiger partial charge is 0.458 e. The molecule has 0 spiro atoms. The van der Waals surface area contributed by atoms with E-state index in [9.17, 15) is 14.7 Å². The molecule has 7 nitrogen and oxygen atoms in total. The molecule has 4 saturated carbocycles. The molecule has 0 radical (unpaired) electrons. The zero-order valence-corrected chi connectivity index (χ0v) is 18.7.